The fraction of sp³-hybridized carbons (Fsp3) is 0.208. The van der Waals surface area contributed by atoms with E-state index in [9.17, 15) is 4.79 Å². The third-order valence-corrected chi connectivity index (χ3v) is 4.49. The minimum atomic E-state index is -0.0900. The Hall–Kier alpha value is -3.11. The molecule has 0 saturated heterocycles. The van der Waals surface area contributed by atoms with E-state index in [-0.39, 0.29) is 5.91 Å². The van der Waals surface area contributed by atoms with Crippen LogP contribution in [0.25, 0.3) is 0 Å². The van der Waals surface area contributed by atoms with Gasteiger partial charge in [0.2, 0.25) is 0 Å². The first kappa shape index (κ1) is 19.6. The SMILES string of the molecule is CCOc1ccc(C[NH+](C)Cc2ccc(C(=O)Nc3ccccc3)cc2)cc1. The molecule has 4 heteroatoms. The number of quaternary nitrogens is 1. The van der Waals surface area contributed by atoms with E-state index in [1.165, 1.54) is 16.0 Å². The van der Waals surface area contributed by atoms with E-state index < -0.39 is 0 Å². The Morgan fingerprint density at radius 2 is 1.43 bits per heavy atom. The monoisotopic (exact) mass is 375 g/mol. The molecular weight excluding hydrogens is 348 g/mol. The lowest BCUT2D eigenvalue weighted by atomic mass is 10.1. The topological polar surface area (TPSA) is 42.8 Å². The predicted molar refractivity (Wildman–Crippen MR) is 113 cm³/mol. The van der Waals surface area contributed by atoms with Crippen LogP contribution in [-0.2, 0) is 13.1 Å². The molecular formula is C24H27N2O2+. The van der Waals surface area contributed by atoms with Crippen molar-refractivity contribution in [2.45, 2.75) is 20.0 Å². The van der Waals surface area contributed by atoms with Crippen LogP contribution in [0.3, 0.4) is 0 Å². The molecule has 28 heavy (non-hydrogen) atoms. The zero-order valence-electron chi connectivity index (χ0n) is 16.4. The minimum absolute atomic E-state index is 0.0900. The highest BCUT2D eigenvalue weighted by molar-refractivity contribution is 6.04. The summed E-state index contributed by atoms with van der Waals surface area (Å²) in [6.07, 6.45) is 0. The summed E-state index contributed by atoms with van der Waals surface area (Å²) in [7, 11) is 2.17. The highest BCUT2D eigenvalue weighted by atomic mass is 16.5. The first-order valence-electron chi connectivity index (χ1n) is 9.62. The highest BCUT2D eigenvalue weighted by Gasteiger charge is 2.09. The second kappa shape index (κ2) is 9.72. The van der Waals surface area contributed by atoms with Gasteiger partial charge in [-0.15, -0.1) is 0 Å². The molecule has 1 atom stereocenters. The van der Waals surface area contributed by atoms with Crippen LogP contribution in [0, 0.1) is 0 Å². The van der Waals surface area contributed by atoms with Crippen LogP contribution in [0.5, 0.6) is 5.75 Å². The number of rotatable bonds is 8. The number of para-hydroxylation sites is 1. The summed E-state index contributed by atoms with van der Waals surface area (Å²) in [5.41, 5.74) is 3.95. The van der Waals surface area contributed by atoms with Crippen LogP contribution in [0.4, 0.5) is 5.69 Å². The molecule has 0 fully saturated rings. The molecule has 0 heterocycles. The quantitative estimate of drug-likeness (QED) is 0.632. The molecule has 3 aromatic carbocycles. The second-order valence-corrected chi connectivity index (χ2v) is 6.90. The van der Waals surface area contributed by atoms with E-state index in [1.54, 1.807) is 0 Å². The van der Waals surface area contributed by atoms with E-state index in [1.807, 2.05) is 73.7 Å². The van der Waals surface area contributed by atoms with Crippen molar-refractivity contribution >= 4 is 11.6 Å². The fourth-order valence-electron chi connectivity index (χ4n) is 3.13. The molecule has 1 unspecified atom stereocenters. The first-order chi connectivity index (χ1) is 13.6. The summed E-state index contributed by atoms with van der Waals surface area (Å²) in [5.74, 6) is 0.820. The Morgan fingerprint density at radius 1 is 0.857 bits per heavy atom. The third kappa shape index (κ3) is 5.69. The van der Waals surface area contributed by atoms with Gasteiger partial charge < -0.3 is 15.0 Å². The molecule has 0 aromatic heterocycles. The second-order valence-electron chi connectivity index (χ2n) is 6.90. The summed E-state index contributed by atoms with van der Waals surface area (Å²) >= 11 is 0. The van der Waals surface area contributed by atoms with Gasteiger partial charge in [0, 0.05) is 22.4 Å². The van der Waals surface area contributed by atoms with Gasteiger partial charge in [-0.3, -0.25) is 4.79 Å². The average Bonchev–Trinajstić information content (AvgIpc) is 2.71. The van der Waals surface area contributed by atoms with E-state index >= 15 is 0 Å². The lowest BCUT2D eigenvalue weighted by Gasteiger charge is -2.15. The molecule has 2 N–H and O–H groups in total. The third-order valence-electron chi connectivity index (χ3n) is 4.49. The average molecular weight is 375 g/mol. The Balaban J connectivity index is 1.53. The van der Waals surface area contributed by atoms with Gasteiger partial charge in [-0.1, -0.05) is 30.3 Å². The van der Waals surface area contributed by atoms with E-state index in [2.05, 4.69) is 24.5 Å². The molecule has 0 spiro atoms. The normalized spacial score (nSPS) is 11.6. The van der Waals surface area contributed by atoms with Gasteiger partial charge in [0.1, 0.15) is 18.8 Å². The van der Waals surface area contributed by atoms with Crippen LogP contribution in [0.15, 0.2) is 78.9 Å². The summed E-state index contributed by atoms with van der Waals surface area (Å²) < 4.78 is 5.49. The van der Waals surface area contributed by atoms with Crippen molar-refractivity contribution in [3.05, 3.63) is 95.6 Å². The summed E-state index contributed by atoms with van der Waals surface area (Å²) in [6.45, 7) is 4.50. The van der Waals surface area contributed by atoms with Gasteiger partial charge in [0.05, 0.1) is 13.7 Å². The Bertz CT molecular complexity index is 875. The Kier molecular flexibility index (Phi) is 6.82. The Morgan fingerprint density at radius 3 is 2.00 bits per heavy atom. The van der Waals surface area contributed by atoms with Crippen molar-refractivity contribution < 1.29 is 14.4 Å². The van der Waals surface area contributed by atoms with Crippen LogP contribution in [0.2, 0.25) is 0 Å². The first-order valence-corrected chi connectivity index (χ1v) is 9.62. The van der Waals surface area contributed by atoms with Gasteiger partial charge in [-0.2, -0.15) is 0 Å². The summed E-state index contributed by atoms with van der Waals surface area (Å²) in [6, 6.07) is 25.6. The molecule has 0 saturated carbocycles. The van der Waals surface area contributed by atoms with Crippen molar-refractivity contribution in [2.24, 2.45) is 0 Å². The zero-order chi connectivity index (χ0) is 19.8. The van der Waals surface area contributed by atoms with Crippen molar-refractivity contribution in [3.63, 3.8) is 0 Å². The van der Waals surface area contributed by atoms with Crippen LogP contribution < -0.4 is 15.0 Å². The van der Waals surface area contributed by atoms with Gasteiger partial charge in [-0.05, 0) is 55.5 Å². The van der Waals surface area contributed by atoms with Gasteiger partial charge in [0.15, 0.2) is 0 Å². The molecule has 3 rings (SSSR count). The zero-order valence-corrected chi connectivity index (χ0v) is 16.4. The van der Waals surface area contributed by atoms with E-state index in [0.717, 1.165) is 24.5 Å². The van der Waals surface area contributed by atoms with E-state index in [4.69, 9.17) is 4.74 Å². The van der Waals surface area contributed by atoms with Crippen molar-refractivity contribution in [2.75, 3.05) is 19.0 Å². The van der Waals surface area contributed by atoms with Gasteiger partial charge in [-0.25, -0.2) is 0 Å². The molecule has 3 aromatic rings. The number of ether oxygens (including phenoxy) is 1. The van der Waals surface area contributed by atoms with Crippen molar-refractivity contribution in [1.29, 1.82) is 0 Å². The molecule has 0 bridgehead atoms. The molecule has 0 radical (unpaired) electrons. The number of hydrogen-bond acceptors (Lipinski definition) is 2. The molecule has 0 aliphatic rings. The molecule has 144 valence electrons. The fourth-order valence-corrected chi connectivity index (χ4v) is 3.13. The molecule has 1 amide bonds. The number of benzene rings is 3. The lowest BCUT2D eigenvalue weighted by molar-refractivity contribution is -0.907. The maximum absolute atomic E-state index is 12.3. The van der Waals surface area contributed by atoms with Gasteiger partial charge >= 0.3 is 0 Å². The lowest BCUT2D eigenvalue weighted by Crippen LogP contribution is -3.06. The summed E-state index contributed by atoms with van der Waals surface area (Å²) in [5, 5.41) is 2.91. The number of carbonyl (C=O) groups is 1. The number of amides is 1. The highest BCUT2D eigenvalue weighted by Crippen LogP contribution is 2.12. The maximum atomic E-state index is 12.3. The van der Waals surface area contributed by atoms with Crippen molar-refractivity contribution in [3.8, 4) is 5.75 Å². The van der Waals surface area contributed by atoms with Gasteiger partial charge in [0.25, 0.3) is 5.91 Å². The number of anilines is 1. The van der Waals surface area contributed by atoms with Crippen LogP contribution in [0.1, 0.15) is 28.4 Å². The predicted octanol–water partition coefficient (Wildman–Crippen LogP) is 3.55. The molecule has 0 aliphatic heterocycles. The summed E-state index contributed by atoms with van der Waals surface area (Å²) in [4.78, 5) is 13.7. The maximum Gasteiger partial charge on any atom is 0.255 e. The van der Waals surface area contributed by atoms with Crippen molar-refractivity contribution in [1.82, 2.24) is 0 Å². The van der Waals surface area contributed by atoms with E-state index in [0.29, 0.717) is 12.2 Å². The standard InChI is InChI=1S/C24H26N2O2/c1-3-28-23-15-11-20(12-16-23)18-26(2)17-19-9-13-21(14-10-19)24(27)25-22-7-5-4-6-8-22/h4-16H,3,17-18H2,1-2H3,(H,25,27)/p+1. The minimum Gasteiger partial charge on any atom is -0.494 e. The molecule has 0 aliphatic carbocycles. The Labute approximate surface area is 166 Å². The number of carbonyl (C=O) groups excluding carboxylic acids is 1. The smallest absolute Gasteiger partial charge is 0.255 e. The largest absolute Gasteiger partial charge is 0.494 e. The molecule has 4 nitrogen and oxygen atoms in total. The van der Waals surface area contributed by atoms with Crippen LogP contribution >= 0.6 is 0 Å². The number of nitrogens with one attached hydrogen (secondary N) is 2. The van der Waals surface area contributed by atoms with Crippen LogP contribution in [-0.4, -0.2) is 19.6 Å². The number of hydrogen-bond donors (Lipinski definition) is 2.